The molecular formula is C30H39N3O3. The number of rotatable bonds is 10. The van der Waals surface area contributed by atoms with Gasteiger partial charge < -0.3 is 20.5 Å². The van der Waals surface area contributed by atoms with Crippen molar-refractivity contribution in [1.82, 2.24) is 5.32 Å². The molecule has 0 saturated heterocycles. The normalized spacial score (nSPS) is 18.2. The van der Waals surface area contributed by atoms with Crippen LogP contribution in [0, 0.1) is 0 Å². The fraction of sp³-hybridized carbons (Fsp3) is 0.433. The lowest BCUT2D eigenvalue weighted by molar-refractivity contribution is 0.142. The lowest BCUT2D eigenvalue weighted by atomic mass is 9.94. The van der Waals surface area contributed by atoms with Gasteiger partial charge in [0.05, 0.1) is 5.69 Å². The van der Waals surface area contributed by atoms with E-state index in [9.17, 15) is 4.79 Å². The Morgan fingerprint density at radius 2 is 1.89 bits per heavy atom. The van der Waals surface area contributed by atoms with E-state index in [0.717, 1.165) is 74.3 Å². The van der Waals surface area contributed by atoms with Gasteiger partial charge in [-0.05, 0) is 61.2 Å². The van der Waals surface area contributed by atoms with Gasteiger partial charge in [-0.15, -0.1) is 0 Å². The zero-order valence-corrected chi connectivity index (χ0v) is 21.3. The summed E-state index contributed by atoms with van der Waals surface area (Å²) in [6.45, 7) is 4.14. The Kier molecular flexibility index (Phi) is 9.45. The monoisotopic (exact) mass is 489 g/mol. The number of allylic oxidation sites excluding steroid dienone is 1. The highest BCUT2D eigenvalue weighted by molar-refractivity contribution is 5.88. The molecule has 0 heterocycles. The quantitative estimate of drug-likeness (QED) is 0.396. The molecule has 6 heteroatoms. The molecule has 0 spiro atoms. The van der Waals surface area contributed by atoms with E-state index in [1.807, 2.05) is 71.6 Å². The number of nitrogens with one attached hydrogen (secondary N) is 1. The molecule has 0 aromatic heterocycles. The summed E-state index contributed by atoms with van der Waals surface area (Å²) in [6, 6.07) is 17.8. The SMILES string of the molecule is CCCNCC1=C(N)C=CC(Oc2cccc(N(C(=O)OCc3ccccc3)C3CCCCC3)c2)C1. The minimum Gasteiger partial charge on any atom is -0.486 e. The van der Waals surface area contributed by atoms with Crippen molar-refractivity contribution in [2.45, 2.75) is 70.6 Å². The number of anilines is 1. The number of ether oxygens (including phenoxy) is 2. The fourth-order valence-corrected chi connectivity index (χ4v) is 4.90. The number of carbonyl (C=O) groups is 1. The Hall–Kier alpha value is -3.25. The van der Waals surface area contributed by atoms with Crippen molar-refractivity contribution in [3.8, 4) is 5.75 Å². The van der Waals surface area contributed by atoms with Crippen molar-refractivity contribution < 1.29 is 14.3 Å². The third kappa shape index (κ3) is 7.14. The minimum absolute atomic E-state index is 0.0980. The highest BCUT2D eigenvalue weighted by Gasteiger charge is 2.29. The zero-order chi connectivity index (χ0) is 25.2. The maximum Gasteiger partial charge on any atom is 0.414 e. The third-order valence-corrected chi connectivity index (χ3v) is 6.84. The molecule has 2 aromatic rings. The number of hydrogen-bond donors (Lipinski definition) is 2. The van der Waals surface area contributed by atoms with E-state index < -0.39 is 0 Å². The maximum atomic E-state index is 13.3. The summed E-state index contributed by atoms with van der Waals surface area (Å²) in [6.07, 6.45) is 10.8. The largest absolute Gasteiger partial charge is 0.486 e. The van der Waals surface area contributed by atoms with Crippen molar-refractivity contribution in [2.24, 2.45) is 5.73 Å². The molecule has 0 radical (unpaired) electrons. The first-order valence-electron chi connectivity index (χ1n) is 13.3. The van der Waals surface area contributed by atoms with Crippen LogP contribution in [0.3, 0.4) is 0 Å². The van der Waals surface area contributed by atoms with Gasteiger partial charge in [-0.3, -0.25) is 4.90 Å². The maximum absolute atomic E-state index is 13.3. The van der Waals surface area contributed by atoms with E-state index in [-0.39, 0.29) is 24.8 Å². The Labute approximate surface area is 215 Å². The van der Waals surface area contributed by atoms with Gasteiger partial charge in [-0.1, -0.05) is 62.6 Å². The number of benzene rings is 2. The number of nitrogens with zero attached hydrogens (tertiary/aromatic N) is 1. The van der Waals surface area contributed by atoms with E-state index in [1.165, 1.54) is 12.0 Å². The average Bonchev–Trinajstić information content (AvgIpc) is 2.91. The molecule has 0 aliphatic heterocycles. The van der Waals surface area contributed by atoms with Crippen molar-refractivity contribution in [3.63, 3.8) is 0 Å². The number of carbonyl (C=O) groups excluding carboxylic acids is 1. The topological polar surface area (TPSA) is 76.8 Å². The molecule has 2 aliphatic carbocycles. The van der Waals surface area contributed by atoms with Gasteiger partial charge in [0.25, 0.3) is 0 Å². The second-order valence-electron chi connectivity index (χ2n) is 9.65. The average molecular weight is 490 g/mol. The number of nitrogens with two attached hydrogens (primary N) is 1. The van der Waals surface area contributed by atoms with Crippen molar-refractivity contribution in [1.29, 1.82) is 0 Å². The van der Waals surface area contributed by atoms with Gasteiger partial charge in [0.15, 0.2) is 0 Å². The molecular weight excluding hydrogens is 450 g/mol. The molecule has 192 valence electrons. The smallest absolute Gasteiger partial charge is 0.414 e. The molecule has 1 unspecified atom stereocenters. The Morgan fingerprint density at radius 3 is 2.67 bits per heavy atom. The molecule has 3 N–H and O–H groups in total. The summed E-state index contributed by atoms with van der Waals surface area (Å²) in [5.41, 5.74) is 9.99. The number of hydrogen-bond acceptors (Lipinski definition) is 5. The standard InChI is InChI=1S/C30H39N3O3/c1-2-18-32-21-24-19-28(16-17-29(24)31)36-27-15-9-14-26(20-27)33(25-12-7-4-8-13-25)30(34)35-22-23-10-5-3-6-11-23/h3,5-6,9-11,14-17,20,25,28,32H,2,4,7-8,12-13,18-19,21-22,31H2,1H3. The van der Waals surface area contributed by atoms with Gasteiger partial charge in [0, 0.05) is 30.8 Å². The Morgan fingerprint density at radius 1 is 1.08 bits per heavy atom. The third-order valence-electron chi connectivity index (χ3n) is 6.84. The van der Waals surface area contributed by atoms with Crippen LogP contribution >= 0.6 is 0 Å². The number of amides is 1. The minimum atomic E-state index is -0.305. The Balaban J connectivity index is 1.46. The van der Waals surface area contributed by atoms with Gasteiger partial charge in [0.1, 0.15) is 18.5 Å². The Bertz CT molecular complexity index is 1040. The van der Waals surface area contributed by atoms with Crippen LogP contribution in [0.1, 0.15) is 57.4 Å². The molecule has 2 aliphatic rings. The van der Waals surface area contributed by atoms with Gasteiger partial charge in [-0.2, -0.15) is 0 Å². The lowest BCUT2D eigenvalue weighted by Gasteiger charge is -2.34. The van der Waals surface area contributed by atoms with Crippen LogP contribution in [0.4, 0.5) is 10.5 Å². The van der Waals surface area contributed by atoms with E-state index in [4.69, 9.17) is 15.2 Å². The van der Waals surface area contributed by atoms with Gasteiger partial charge in [-0.25, -0.2) is 4.79 Å². The van der Waals surface area contributed by atoms with Crippen LogP contribution in [0.25, 0.3) is 0 Å². The fourth-order valence-electron chi connectivity index (χ4n) is 4.90. The molecule has 1 fully saturated rings. The highest BCUT2D eigenvalue weighted by atomic mass is 16.6. The van der Waals surface area contributed by atoms with Crippen LogP contribution < -0.4 is 20.7 Å². The van der Waals surface area contributed by atoms with Crippen LogP contribution in [0.15, 0.2) is 78.0 Å². The summed E-state index contributed by atoms with van der Waals surface area (Å²) in [7, 11) is 0. The van der Waals surface area contributed by atoms with E-state index in [1.54, 1.807) is 0 Å². The predicted molar refractivity (Wildman–Crippen MR) is 145 cm³/mol. The molecule has 2 aromatic carbocycles. The summed E-state index contributed by atoms with van der Waals surface area (Å²) in [4.78, 5) is 15.2. The van der Waals surface area contributed by atoms with Crippen LogP contribution in [0.2, 0.25) is 0 Å². The van der Waals surface area contributed by atoms with E-state index in [0.29, 0.717) is 0 Å². The molecule has 36 heavy (non-hydrogen) atoms. The van der Waals surface area contributed by atoms with Gasteiger partial charge in [0.2, 0.25) is 0 Å². The van der Waals surface area contributed by atoms with E-state index in [2.05, 4.69) is 12.2 Å². The zero-order valence-electron chi connectivity index (χ0n) is 21.3. The van der Waals surface area contributed by atoms with Gasteiger partial charge >= 0.3 is 6.09 Å². The van der Waals surface area contributed by atoms with Crippen LogP contribution in [0.5, 0.6) is 5.75 Å². The molecule has 4 rings (SSSR count). The summed E-state index contributed by atoms with van der Waals surface area (Å²) < 4.78 is 12.1. The molecule has 1 atom stereocenters. The first kappa shape index (κ1) is 25.8. The van der Waals surface area contributed by atoms with Crippen LogP contribution in [-0.2, 0) is 11.3 Å². The molecule has 6 nitrogen and oxygen atoms in total. The van der Waals surface area contributed by atoms with Crippen molar-refractivity contribution in [3.05, 3.63) is 83.6 Å². The second kappa shape index (κ2) is 13.2. The van der Waals surface area contributed by atoms with Crippen molar-refractivity contribution in [2.75, 3.05) is 18.0 Å². The van der Waals surface area contributed by atoms with Crippen LogP contribution in [-0.4, -0.2) is 31.3 Å². The van der Waals surface area contributed by atoms with Crippen molar-refractivity contribution >= 4 is 11.8 Å². The summed E-state index contributed by atoms with van der Waals surface area (Å²) in [5.74, 6) is 0.736. The molecule has 0 bridgehead atoms. The predicted octanol–water partition coefficient (Wildman–Crippen LogP) is 6.08. The van der Waals surface area contributed by atoms with E-state index >= 15 is 0 Å². The summed E-state index contributed by atoms with van der Waals surface area (Å²) >= 11 is 0. The second-order valence-corrected chi connectivity index (χ2v) is 9.65. The highest BCUT2D eigenvalue weighted by Crippen LogP contribution is 2.31. The molecule has 1 saturated carbocycles. The first-order valence-corrected chi connectivity index (χ1v) is 13.3. The molecule has 1 amide bonds. The first-order chi connectivity index (χ1) is 17.6. The lowest BCUT2D eigenvalue weighted by Crippen LogP contribution is -2.42. The summed E-state index contributed by atoms with van der Waals surface area (Å²) in [5, 5.41) is 3.43.